The zero-order chi connectivity index (χ0) is 9.14. The molecule has 64 valence electrons. The first-order valence-electron chi connectivity index (χ1n) is 3.57. The van der Waals surface area contributed by atoms with E-state index in [0.717, 1.165) is 10.4 Å². The Kier molecular flexibility index (Phi) is 2.65. The Morgan fingerprint density at radius 2 is 2.33 bits per heavy atom. The second-order valence-corrected chi connectivity index (χ2v) is 3.55. The van der Waals surface area contributed by atoms with Crippen LogP contribution in [0.15, 0.2) is 17.0 Å². The summed E-state index contributed by atoms with van der Waals surface area (Å²) >= 11 is 1.56. The summed E-state index contributed by atoms with van der Waals surface area (Å²) in [5, 5.41) is 10.6. The van der Waals surface area contributed by atoms with Crippen LogP contribution in [-0.4, -0.2) is 11.1 Å². The molecule has 0 unspecified atom stereocenters. The monoisotopic (exact) mass is 182 g/mol. The lowest BCUT2D eigenvalue weighted by atomic mass is 10.2. The van der Waals surface area contributed by atoms with Crippen LogP contribution in [0.25, 0.3) is 6.08 Å². The molecule has 1 N–H and O–H groups in total. The maximum Gasteiger partial charge on any atom is 0.331 e. The van der Waals surface area contributed by atoms with Gasteiger partial charge in [0.15, 0.2) is 0 Å². The van der Waals surface area contributed by atoms with E-state index in [0.29, 0.717) is 5.57 Å². The van der Waals surface area contributed by atoms with Gasteiger partial charge in [-0.15, -0.1) is 11.3 Å². The van der Waals surface area contributed by atoms with Crippen molar-refractivity contribution in [1.82, 2.24) is 0 Å². The van der Waals surface area contributed by atoms with Gasteiger partial charge in [0.05, 0.1) is 0 Å². The number of carboxylic acid groups (broad SMARTS) is 1. The fraction of sp³-hybridized carbons (Fsp3) is 0.222. The van der Waals surface area contributed by atoms with Crippen molar-refractivity contribution >= 4 is 23.4 Å². The van der Waals surface area contributed by atoms with Crippen LogP contribution in [0.3, 0.4) is 0 Å². The van der Waals surface area contributed by atoms with Crippen LogP contribution in [-0.2, 0) is 4.79 Å². The molecule has 1 heterocycles. The van der Waals surface area contributed by atoms with Crippen LogP contribution >= 0.6 is 11.3 Å². The maximum atomic E-state index is 10.5. The summed E-state index contributed by atoms with van der Waals surface area (Å²) in [5.74, 6) is -0.859. The number of carbonyl (C=O) groups is 1. The van der Waals surface area contributed by atoms with E-state index >= 15 is 0 Å². The Labute approximate surface area is 75.2 Å². The average Bonchev–Trinajstić information content (AvgIpc) is 2.36. The maximum absolute atomic E-state index is 10.5. The van der Waals surface area contributed by atoms with Gasteiger partial charge in [-0.2, -0.15) is 0 Å². The Hall–Kier alpha value is -1.09. The summed E-state index contributed by atoms with van der Waals surface area (Å²) in [4.78, 5) is 11.5. The molecular weight excluding hydrogens is 172 g/mol. The molecule has 1 aromatic rings. The molecule has 0 atom stereocenters. The van der Waals surface area contributed by atoms with Crippen molar-refractivity contribution < 1.29 is 9.90 Å². The van der Waals surface area contributed by atoms with Gasteiger partial charge in [-0.1, -0.05) is 0 Å². The van der Waals surface area contributed by atoms with Gasteiger partial charge in [0, 0.05) is 10.5 Å². The van der Waals surface area contributed by atoms with E-state index in [1.165, 1.54) is 0 Å². The van der Waals surface area contributed by atoms with Crippen LogP contribution in [0.2, 0.25) is 0 Å². The van der Waals surface area contributed by atoms with Crippen LogP contribution in [0, 0.1) is 6.92 Å². The smallest absolute Gasteiger partial charge is 0.331 e. The second kappa shape index (κ2) is 3.54. The highest BCUT2D eigenvalue weighted by Gasteiger charge is 2.01. The SMILES string of the molecule is CC(=Cc1sccc1C)C(=O)O. The molecule has 1 rings (SSSR count). The van der Waals surface area contributed by atoms with Gasteiger partial charge in [-0.3, -0.25) is 0 Å². The van der Waals surface area contributed by atoms with E-state index in [1.54, 1.807) is 24.3 Å². The third-order valence-electron chi connectivity index (χ3n) is 1.59. The highest BCUT2D eigenvalue weighted by atomic mass is 32.1. The molecule has 0 aromatic carbocycles. The van der Waals surface area contributed by atoms with Gasteiger partial charge in [0.25, 0.3) is 0 Å². The Morgan fingerprint density at radius 3 is 2.75 bits per heavy atom. The van der Waals surface area contributed by atoms with E-state index in [-0.39, 0.29) is 0 Å². The number of thiophene rings is 1. The molecule has 0 spiro atoms. The molecule has 0 radical (unpaired) electrons. The molecule has 1 aromatic heterocycles. The molecule has 0 fully saturated rings. The summed E-state index contributed by atoms with van der Waals surface area (Å²) in [6.45, 7) is 3.57. The summed E-state index contributed by atoms with van der Waals surface area (Å²) in [7, 11) is 0. The van der Waals surface area contributed by atoms with Gasteiger partial charge in [0.1, 0.15) is 0 Å². The molecule has 0 amide bonds. The van der Waals surface area contributed by atoms with Crippen LogP contribution in [0.5, 0.6) is 0 Å². The minimum atomic E-state index is -0.859. The molecule has 2 nitrogen and oxygen atoms in total. The Morgan fingerprint density at radius 1 is 1.67 bits per heavy atom. The quantitative estimate of drug-likeness (QED) is 0.714. The minimum Gasteiger partial charge on any atom is -0.478 e. The van der Waals surface area contributed by atoms with Crippen molar-refractivity contribution in [3.63, 3.8) is 0 Å². The molecule has 0 aliphatic carbocycles. The van der Waals surface area contributed by atoms with Crippen molar-refractivity contribution in [2.75, 3.05) is 0 Å². The fourth-order valence-electron chi connectivity index (χ4n) is 0.791. The normalized spacial score (nSPS) is 11.7. The van der Waals surface area contributed by atoms with Crippen molar-refractivity contribution in [2.24, 2.45) is 0 Å². The van der Waals surface area contributed by atoms with E-state index in [1.807, 2.05) is 18.4 Å². The minimum absolute atomic E-state index is 0.376. The molecule has 3 heteroatoms. The van der Waals surface area contributed by atoms with Gasteiger partial charge >= 0.3 is 5.97 Å². The number of hydrogen-bond donors (Lipinski definition) is 1. The number of rotatable bonds is 2. The largest absolute Gasteiger partial charge is 0.478 e. The van der Waals surface area contributed by atoms with E-state index < -0.39 is 5.97 Å². The molecule has 0 aliphatic rings. The standard InChI is InChI=1S/C9H10O2S/c1-6-3-4-12-8(6)5-7(2)9(10)11/h3-5H,1-2H3,(H,10,11). The van der Waals surface area contributed by atoms with Gasteiger partial charge in [-0.05, 0) is 36.9 Å². The van der Waals surface area contributed by atoms with Crippen molar-refractivity contribution in [3.05, 3.63) is 27.5 Å². The average molecular weight is 182 g/mol. The summed E-state index contributed by atoms with van der Waals surface area (Å²) in [5.41, 5.74) is 1.50. The molecule has 0 bridgehead atoms. The molecule has 0 aliphatic heterocycles. The van der Waals surface area contributed by atoms with Gasteiger partial charge in [0.2, 0.25) is 0 Å². The van der Waals surface area contributed by atoms with E-state index in [4.69, 9.17) is 5.11 Å². The fourth-order valence-corrected chi connectivity index (χ4v) is 1.71. The molecular formula is C9H10O2S. The summed E-state index contributed by atoms with van der Waals surface area (Å²) in [6.07, 6.45) is 1.70. The Bertz CT molecular complexity index is 323. The third-order valence-corrected chi connectivity index (χ3v) is 2.55. The molecule has 0 saturated carbocycles. The number of carboxylic acids is 1. The number of hydrogen-bond acceptors (Lipinski definition) is 2. The Balaban J connectivity index is 2.95. The van der Waals surface area contributed by atoms with E-state index in [2.05, 4.69) is 0 Å². The zero-order valence-corrected chi connectivity index (χ0v) is 7.81. The summed E-state index contributed by atoms with van der Waals surface area (Å²) in [6, 6.07) is 1.98. The van der Waals surface area contributed by atoms with E-state index in [9.17, 15) is 4.79 Å². The predicted octanol–water partition coefficient (Wildman–Crippen LogP) is 2.54. The summed E-state index contributed by atoms with van der Waals surface area (Å²) < 4.78 is 0. The van der Waals surface area contributed by atoms with Crippen LogP contribution in [0.4, 0.5) is 0 Å². The topological polar surface area (TPSA) is 37.3 Å². The molecule has 12 heavy (non-hydrogen) atoms. The highest BCUT2D eigenvalue weighted by molar-refractivity contribution is 7.11. The lowest BCUT2D eigenvalue weighted by Crippen LogP contribution is -1.94. The third kappa shape index (κ3) is 1.95. The first-order chi connectivity index (χ1) is 5.61. The first kappa shape index (κ1) is 9.00. The van der Waals surface area contributed by atoms with Crippen LogP contribution < -0.4 is 0 Å². The van der Waals surface area contributed by atoms with Gasteiger partial charge < -0.3 is 5.11 Å². The van der Waals surface area contributed by atoms with Crippen molar-refractivity contribution in [2.45, 2.75) is 13.8 Å². The lowest BCUT2D eigenvalue weighted by molar-refractivity contribution is -0.132. The van der Waals surface area contributed by atoms with Crippen LogP contribution in [0.1, 0.15) is 17.4 Å². The predicted molar refractivity (Wildman–Crippen MR) is 50.3 cm³/mol. The number of aliphatic carboxylic acids is 1. The van der Waals surface area contributed by atoms with Crippen molar-refractivity contribution in [1.29, 1.82) is 0 Å². The second-order valence-electron chi connectivity index (χ2n) is 2.60. The van der Waals surface area contributed by atoms with Crippen molar-refractivity contribution in [3.8, 4) is 0 Å². The van der Waals surface area contributed by atoms with Gasteiger partial charge in [-0.25, -0.2) is 4.79 Å². The first-order valence-corrected chi connectivity index (χ1v) is 4.45. The zero-order valence-electron chi connectivity index (χ0n) is 7.00. The number of aryl methyl sites for hydroxylation is 1. The lowest BCUT2D eigenvalue weighted by Gasteiger charge is -1.92. The highest BCUT2D eigenvalue weighted by Crippen LogP contribution is 2.18. The molecule has 0 saturated heterocycles.